The van der Waals surface area contributed by atoms with E-state index < -0.39 is 0 Å². The van der Waals surface area contributed by atoms with Crippen molar-refractivity contribution in [2.24, 2.45) is 5.73 Å². The van der Waals surface area contributed by atoms with Crippen LogP contribution in [0.25, 0.3) is 0 Å². The van der Waals surface area contributed by atoms with Gasteiger partial charge in [0.1, 0.15) is 0 Å². The van der Waals surface area contributed by atoms with E-state index in [4.69, 9.17) is 28.9 Å². The van der Waals surface area contributed by atoms with Crippen LogP contribution in [-0.2, 0) is 4.79 Å². The fourth-order valence-corrected chi connectivity index (χ4v) is 1.45. The molecule has 0 atom stereocenters. The van der Waals surface area contributed by atoms with Gasteiger partial charge in [0.05, 0.1) is 0 Å². The SMILES string of the molecule is C=C(N)/C=C\C(Cl)=C(/C)C(=O)Nc1ccc(Cl)cc1. The molecule has 1 aromatic carbocycles. The number of amides is 1. The van der Waals surface area contributed by atoms with Crippen LogP contribution in [0.2, 0.25) is 5.02 Å². The molecule has 0 bridgehead atoms. The number of allylic oxidation sites excluding steroid dienone is 3. The van der Waals surface area contributed by atoms with E-state index in [-0.39, 0.29) is 5.91 Å². The number of carbonyl (C=O) groups is 1. The standard InChI is InChI=1S/C14H14Cl2N2O/c1-9(17)3-8-13(16)10(2)14(19)18-12-6-4-11(15)5-7-12/h3-8H,1,17H2,2H3,(H,18,19)/b8-3-,13-10-. The second-order valence-electron chi connectivity index (χ2n) is 3.84. The molecule has 0 spiro atoms. The molecule has 0 aliphatic rings. The molecule has 5 heteroatoms. The lowest BCUT2D eigenvalue weighted by Crippen LogP contribution is -2.13. The summed E-state index contributed by atoms with van der Waals surface area (Å²) >= 11 is 11.7. The van der Waals surface area contributed by atoms with E-state index in [2.05, 4.69) is 11.9 Å². The molecule has 0 saturated heterocycles. The van der Waals surface area contributed by atoms with Crippen molar-refractivity contribution >= 4 is 34.8 Å². The Bertz CT molecular complexity index is 545. The number of rotatable bonds is 4. The first-order chi connectivity index (χ1) is 8.90. The third kappa shape index (κ3) is 5.20. The largest absolute Gasteiger partial charge is 0.399 e. The fourth-order valence-electron chi connectivity index (χ4n) is 1.17. The van der Waals surface area contributed by atoms with Crippen LogP contribution in [0.5, 0.6) is 0 Å². The van der Waals surface area contributed by atoms with Crippen molar-refractivity contribution in [1.29, 1.82) is 0 Å². The summed E-state index contributed by atoms with van der Waals surface area (Å²) in [6.45, 7) is 5.13. The summed E-state index contributed by atoms with van der Waals surface area (Å²) in [7, 11) is 0. The summed E-state index contributed by atoms with van der Waals surface area (Å²) in [5.41, 5.74) is 6.77. The van der Waals surface area contributed by atoms with E-state index in [1.807, 2.05) is 0 Å². The lowest BCUT2D eigenvalue weighted by atomic mass is 10.2. The fraction of sp³-hybridized carbons (Fsp3) is 0.0714. The van der Waals surface area contributed by atoms with Gasteiger partial charge in [-0.2, -0.15) is 0 Å². The van der Waals surface area contributed by atoms with Crippen molar-refractivity contribution in [3.05, 3.63) is 64.3 Å². The zero-order valence-corrected chi connectivity index (χ0v) is 11.9. The van der Waals surface area contributed by atoms with Gasteiger partial charge in [0.15, 0.2) is 0 Å². The van der Waals surface area contributed by atoms with E-state index in [9.17, 15) is 4.79 Å². The molecule has 0 fully saturated rings. The molecular weight excluding hydrogens is 283 g/mol. The zero-order valence-electron chi connectivity index (χ0n) is 10.4. The summed E-state index contributed by atoms with van der Waals surface area (Å²) in [6, 6.07) is 6.80. The van der Waals surface area contributed by atoms with Gasteiger partial charge >= 0.3 is 0 Å². The Balaban J connectivity index is 2.79. The number of hydrogen-bond acceptors (Lipinski definition) is 2. The quantitative estimate of drug-likeness (QED) is 0.655. The van der Waals surface area contributed by atoms with Gasteiger partial charge in [-0.15, -0.1) is 0 Å². The number of nitrogens with one attached hydrogen (secondary N) is 1. The van der Waals surface area contributed by atoms with Crippen LogP contribution in [-0.4, -0.2) is 5.91 Å². The van der Waals surface area contributed by atoms with Crippen LogP contribution in [0, 0.1) is 0 Å². The molecule has 1 rings (SSSR count). The van der Waals surface area contributed by atoms with Crippen LogP contribution in [0.3, 0.4) is 0 Å². The normalized spacial score (nSPS) is 12.2. The van der Waals surface area contributed by atoms with Gasteiger partial charge in [-0.25, -0.2) is 0 Å². The lowest BCUT2D eigenvalue weighted by Gasteiger charge is -2.06. The maximum atomic E-state index is 11.9. The number of halogens is 2. The van der Waals surface area contributed by atoms with Crippen LogP contribution < -0.4 is 11.1 Å². The lowest BCUT2D eigenvalue weighted by molar-refractivity contribution is -0.112. The van der Waals surface area contributed by atoms with Gasteiger partial charge in [0, 0.05) is 27.0 Å². The maximum absolute atomic E-state index is 11.9. The number of benzene rings is 1. The van der Waals surface area contributed by atoms with E-state index >= 15 is 0 Å². The van der Waals surface area contributed by atoms with Crippen LogP contribution in [0.1, 0.15) is 6.92 Å². The molecular formula is C14H14Cl2N2O. The Labute approximate surface area is 122 Å². The van der Waals surface area contributed by atoms with Gasteiger partial charge in [-0.3, -0.25) is 4.79 Å². The minimum Gasteiger partial charge on any atom is -0.399 e. The van der Waals surface area contributed by atoms with Gasteiger partial charge < -0.3 is 11.1 Å². The van der Waals surface area contributed by atoms with E-state index in [0.29, 0.717) is 27.0 Å². The molecule has 0 radical (unpaired) electrons. The molecule has 1 amide bonds. The van der Waals surface area contributed by atoms with Crippen LogP contribution >= 0.6 is 23.2 Å². The average molecular weight is 297 g/mol. The Morgan fingerprint density at radius 2 is 1.89 bits per heavy atom. The summed E-state index contributed by atoms with van der Waals surface area (Å²) in [5, 5.41) is 3.62. The minimum atomic E-state index is -0.292. The molecule has 19 heavy (non-hydrogen) atoms. The number of hydrogen-bond donors (Lipinski definition) is 2. The highest BCUT2D eigenvalue weighted by Gasteiger charge is 2.08. The van der Waals surface area contributed by atoms with Gasteiger partial charge in [0.2, 0.25) is 0 Å². The third-order valence-electron chi connectivity index (χ3n) is 2.24. The van der Waals surface area contributed by atoms with Crippen LogP contribution in [0.15, 0.2) is 59.3 Å². The number of anilines is 1. The van der Waals surface area contributed by atoms with E-state index in [1.54, 1.807) is 31.2 Å². The molecule has 3 N–H and O–H groups in total. The van der Waals surface area contributed by atoms with Crippen molar-refractivity contribution in [2.75, 3.05) is 5.32 Å². The maximum Gasteiger partial charge on any atom is 0.252 e. The Morgan fingerprint density at radius 3 is 2.42 bits per heavy atom. The molecule has 0 saturated carbocycles. The monoisotopic (exact) mass is 296 g/mol. The van der Waals surface area contributed by atoms with Crippen molar-refractivity contribution in [3.8, 4) is 0 Å². The highest BCUT2D eigenvalue weighted by atomic mass is 35.5. The van der Waals surface area contributed by atoms with Crippen molar-refractivity contribution in [2.45, 2.75) is 6.92 Å². The highest BCUT2D eigenvalue weighted by Crippen LogP contribution is 2.16. The minimum absolute atomic E-state index is 0.292. The second-order valence-corrected chi connectivity index (χ2v) is 4.69. The summed E-state index contributed by atoms with van der Waals surface area (Å²) in [5.74, 6) is -0.292. The zero-order chi connectivity index (χ0) is 14.4. The van der Waals surface area contributed by atoms with Crippen LogP contribution in [0.4, 0.5) is 5.69 Å². The van der Waals surface area contributed by atoms with Gasteiger partial charge in [-0.1, -0.05) is 29.8 Å². The van der Waals surface area contributed by atoms with Crippen molar-refractivity contribution in [1.82, 2.24) is 0 Å². The highest BCUT2D eigenvalue weighted by molar-refractivity contribution is 6.34. The number of carbonyl (C=O) groups excluding carboxylic acids is 1. The Kier molecular flexibility index (Phi) is 5.67. The summed E-state index contributed by atoms with van der Waals surface area (Å²) in [6.07, 6.45) is 3.06. The third-order valence-corrected chi connectivity index (χ3v) is 2.91. The second kappa shape index (κ2) is 7.02. The average Bonchev–Trinajstić information content (AvgIpc) is 2.37. The first-order valence-corrected chi connectivity index (χ1v) is 6.21. The molecule has 0 aliphatic heterocycles. The van der Waals surface area contributed by atoms with Crippen molar-refractivity contribution < 1.29 is 4.79 Å². The Morgan fingerprint density at radius 1 is 1.32 bits per heavy atom. The molecule has 0 heterocycles. The van der Waals surface area contributed by atoms with Gasteiger partial charge in [-0.05, 0) is 43.3 Å². The summed E-state index contributed by atoms with van der Waals surface area (Å²) in [4.78, 5) is 11.9. The predicted octanol–water partition coefficient (Wildman–Crippen LogP) is 3.82. The first kappa shape index (κ1) is 15.3. The predicted molar refractivity (Wildman–Crippen MR) is 81.1 cm³/mol. The van der Waals surface area contributed by atoms with E-state index in [1.165, 1.54) is 12.2 Å². The van der Waals surface area contributed by atoms with Gasteiger partial charge in [0.25, 0.3) is 5.91 Å². The molecule has 100 valence electrons. The first-order valence-electron chi connectivity index (χ1n) is 5.46. The number of nitrogens with two attached hydrogens (primary N) is 1. The summed E-state index contributed by atoms with van der Waals surface area (Å²) < 4.78 is 0. The molecule has 3 nitrogen and oxygen atoms in total. The molecule has 1 aromatic rings. The van der Waals surface area contributed by atoms with Crippen molar-refractivity contribution in [3.63, 3.8) is 0 Å². The molecule has 0 aliphatic carbocycles. The van der Waals surface area contributed by atoms with E-state index in [0.717, 1.165) is 0 Å². The smallest absolute Gasteiger partial charge is 0.252 e. The molecule has 0 aromatic heterocycles. The topological polar surface area (TPSA) is 55.1 Å². The molecule has 0 unspecified atom stereocenters. The Hall–Kier alpha value is -1.71.